The smallest absolute Gasteiger partial charge is 0.0400 e. The van der Waals surface area contributed by atoms with Crippen LogP contribution >= 0.6 is 0 Å². The molecule has 0 amide bonds. The Bertz CT molecular complexity index is 535. The highest BCUT2D eigenvalue weighted by molar-refractivity contribution is 5.46. The number of anilines is 1. The minimum atomic E-state index is 0.210. The van der Waals surface area contributed by atoms with Crippen molar-refractivity contribution in [2.24, 2.45) is 0 Å². The molecule has 1 heteroatoms. The fraction of sp³-hybridized carbons (Fsp3) is 0.429. The van der Waals surface area contributed by atoms with Crippen molar-refractivity contribution < 1.29 is 0 Å². The Hall–Kier alpha value is -1.76. The summed E-state index contributed by atoms with van der Waals surface area (Å²) in [7, 11) is 0. The zero-order valence-corrected chi connectivity index (χ0v) is 14.8. The van der Waals surface area contributed by atoms with Gasteiger partial charge < -0.3 is 5.32 Å². The largest absolute Gasteiger partial charge is 0.381 e. The zero-order chi connectivity index (χ0) is 16.4. The van der Waals surface area contributed by atoms with E-state index in [2.05, 4.69) is 95.4 Å². The predicted octanol–water partition coefficient (Wildman–Crippen LogP) is 5.89. The van der Waals surface area contributed by atoms with E-state index in [1.54, 1.807) is 0 Å². The van der Waals surface area contributed by atoms with Gasteiger partial charge in [-0.2, -0.15) is 0 Å². The lowest BCUT2D eigenvalue weighted by atomic mass is 9.86. The first-order valence-corrected chi connectivity index (χ1v) is 8.10. The summed E-state index contributed by atoms with van der Waals surface area (Å²) < 4.78 is 0. The fourth-order valence-corrected chi connectivity index (χ4v) is 2.41. The van der Waals surface area contributed by atoms with E-state index in [4.69, 9.17) is 0 Å². The molecule has 0 heterocycles. The first-order chi connectivity index (χ1) is 10.2. The molecule has 1 nitrogen and oxygen atoms in total. The van der Waals surface area contributed by atoms with Gasteiger partial charge in [-0.05, 0) is 39.7 Å². The predicted molar refractivity (Wildman–Crippen MR) is 97.6 cm³/mol. The molecule has 2 aromatic carbocycles. The maximum Gasteiger partial charge on any atom is 0.0400 e. The quantitative estimate of drug-likeness (QED) is 0.744. The Morgan fingerprint density at radius 3 is 1.45 bits per heavy atom. The Labute approximate surface area is 135 Å². The van der Waals surface area contributed by atoms with Gasteiger partial charge in [-0.15, -0.1) is 0 Å². The minimum absolute atomic E-state index is 0.210. The molecule has 0 spiro atoms. The summed E-state index contributed by atoms with van der Waals surface area (Å²) in [6, 6.07) is 17.7. The van der Waals surface area contributed by atoms with Crippen molar-refractivity contribution in [3.05, 3.63) is 65.2 Å². The molecule has 0 fully saturated rings. The normalized spacial score (nSPS) is 12.3. The van der Waals surface area contributed by atoms with Crippen molar-refractivity contribution in [1.82, 2.24) is 0 Å². The number of hydrogen-bond acceptors (Lipinski definition) is 1. The molecule has 0 aromatic heterocycles. The van der Waals surface area contributed by atoms with Crippen molar-refractivity contribution in [2.75, 3.05) is 5.32 Å². The maximum absolute atomic E-state index is 3.50. The summed E-state index contributed by atoms with van der Waals surface area (Å²) in [6.45, 7) is 14.3. The molecule has 0 bridgehead atoms. The highest BCUT2D eigenvalue weighted by atomic mass is 14.9. The highest BCUT2D eigenvalue weighted by Gasteiger charge is 2.13. The molecular weight excluding hydrogens is 266 g/mol. The summed E-state index contributed by atoms with van der Waals surface area (Å²) in [5.74, 6) is 0. The van der Waals surface area contributed by atoms with Crippen LogP contribution in [-0.4, -0.2) is 0 Å². The molecule has 0 aliphatic rings. The van der Waals surface area contributed by atoms with Crippen molar-refractivity contribution in [3.8, 4) is 0 Å². The average Bonchev–Trinajstić information content (AvgIpc) is 2.44. The van der Waals surface area contributed by atoms with Crippen LogP contribution in [0.1, 0.15) is 58.2 Å². The zero-order valence-electron chi connectivity index (χ0n) is 14.8. The van der Waals surface area contributed by atoms with Crippen molar-refractivity contribution in [2.45, 2.75) is 58.9 Å². The SMILES string of the molecule is CC(C)(C)c1ccc(CNc2ccc(C(C)(C)C)cc2)cc1. The fourth-order valence-electron chi connectivity index (χ4n) is 2.41. The molecule has 118 valence electrons. The molecule has 0 aliphatic carbocycles. The summed E-state index contributed by atoms with van der Waals surface area (Å²) in [5.41, 5.74) is 5.66. The standard InChI is InChI=1S/C21H29N/c1-20(2,3)17-9-7-16(8-10-17)15-22-19-13-11-18(12-14-19)21(4,5)6/h7-14,22H,15H2,1-6H3. The lowest BCUT2D eigenvalue weighted by Crippen LogP contribution is -2.11. The van der Waals surface area contributed by atoms with Gasteiger partial charge in [0.15, 0.2) is 0 Å². The van der Waals surface area contributed by atoms with E-state index in [-0.39, 0.29) is 10.8 Å². The van der Waals surface area contributed by atoms with Gasteiger partial charge in [-0.25, -0.2) is 0 Å². The van der Waals surface area contributed by atoms with Gasteiger partial charge in [0, 0.05) is 12.2 Å². The first-order valence-electron chi connectivity index (χ1n) is 8.10. The molecule has 0 radical (unpaired) electrons. The third-order valence-corrected chi connectivity index (χ3v) is 4.07. The number of nitrogens with one attached hydrogen (secondary N) is 1. The molecule has 0 aliphatic heterocycles. The Morgan fingerprint density at radius 1 is 0.636 bits per heavy atom. The van der Waals surface area contributed by atoms with Crippen LogP contribution in [0.15, 0.2) is 48.5 Å². The molecular formula is C21H29N. The molecule has 2 aromatic rings. The van der Waals surface area contributed by atoms with Gasteiger partial charge in [-0.3, -0.25) is 0 Å². The molecule has 22 heavy (non-hydrogen) atoms. The lowest BCUT2D eigenvalue weighted by Gasteiger charge is -2.20. The molecule has 0 saturated heterocycles. The highest BCUT2D eigenvalue weighted by Crippen LogP contribution is 2.24. The van der Waals surface area contributed by atoms with Crippen LogP contribution in [-0.2, 0) is 17.4 Å². The second kappa shape index (κ2) is 6.16. The number of rotatable bonds is 3. The van der Waals surface area contributed by atoms with Crippen LogP contribution in [0.3, 0.4) is 0 Å². The summed E-state index contributed by atoms with van der Waals surface area (Å²) in [5, 5.41) is 3.50. The monoisotopic (exact) mass is 295 g/mol. The summed E-state index contributed by atoms with van der Waals surface area (Å²) in [4.78, 5) is 0. The Morgan fingerprint density at radius 2 is 1.05 bits per heavy atom. The van der Waals surface area contributed by atoms with E-state index >= 15 is 0 Å². The van der Waals surface area contributed by atoms with Crippen LogP contribution in [0.25, 0.3) is 0 Å². The van der Waals surface area contributed by atoms with Gasteiger partial charge in [0.25, 0.3) is 0 Å². The van der Waals surface area contributed by atoms with Gasteiger partial charge in [0.05, 0.1) is 0 Å². The van der Waals surface area contributed by atoms with E-state index in [9.17, 15) is 0 Å². The van der Waals surface area contributed by atoms with Crippen LogP contribution in [0.4, 0.5) is 5.69 Å². The molecule has 0 unspecified atom stereocenters. The minimum Gasteiger partial charge on any atom is -0.381 e. The molecule has 1 N–H and O–H groups in total. The van der Waals surface area contributed by atoms with Crippen LogP contribution < -0.4 is 5.32 Å². The van der Waals surface area contributed by atoms with Crippen LogP contribution in [0.5, 0.6) is 0 Å². The van der Waals surface area contributed by atoms with E-state index in [1.165, 1.54) is 22.4 Å². The van der Waals surface area contributed by atoms with E-state index in [1.807, 2.05) is 0 Å². The average molecular weight is 295 g/mol. The third-order valence-electron chi connectivity index (χ3n) is 4.07. The van der Waals surface area contributed by atoms with Crippen LogP contribution in [0.2, 0.25) is 0 Å². The van der Waals surface area contributed by atoms with E-state index in [0.717, 1.165) is 6.54 Å². The second-order valence-corrected chi connectivity index (χ2v) is 8.13. The van der Waals surface area contributed by atoms with E-state index < -0.39 is 0 Å². The Kier molecular flexibility index (Phi) is 4.65. The van der Waals surface area contributed by atoms with E-state index in [0.29, 0.717) is 0 Å². The van der Waals surface area contributed by atoms with Crippen molar-refractivity contribution in [3.63, 3.8) is 0 Å². The topological polar surface area (TPSA) is 12.0 Å². The summed E-state index contributed by atoms with van der Waals surface area (Å²) in [6.07, 6.45) is 0. The molecule has 0 atom stereocenters. The number of benzene rings is 2. The van der Waals surface area contributed by atoms with Gasteiger partial charge >= 0.3 is 0 Å². The van der Waals surface area contributed by atoms with Crippen LogP contribution in [0, 0.1) is 0 Å². The molecule has 0 saturated carbocycles. The van der Waals surface area contributed by atoms with Crippen molar-refractivity contribution in [1.29, 1.82) is 0 Å². The van der Waals surface area contributed by atoms with Gasteiger partial charge in [-0.1, -0.05) is 77.9 Å². The van der Waals surface area contributed by atoms with Crippen molar-refractivity contribution >= 4 is 5.69 Å². The third kappa shape index (κ3) is 4.37. The lowest BCUT2D eigenvalue weighted by molar-refractivity contribution is 0.589. The van der Waals surface area contributed by atoms with Gasteiger partial charge in [0.1, 0.15) is 0 Å². The summed E-state index contributed by atoms with van der Waals surface area (Å²) >= 11 is 0. The number of hydrogen-bond donors (Lipinski definition) is 1. The first kappa shape index (κ1) is 16.6. The maximum atomic E-state index is 3.50. The molecule has 2 rings (SSSR count). The Balaban J connectivity index is 1.98. The second-order valence-electron chi connectivity index (χ2n) is 8.13. The van der Waals surface area contributed by atoms with Gasteiger partial charge in [0.2, 0.25) is 0 Å².